The van der Waals surface area contributed by atoms with Crippen molar-refractivity contribution < 1.29 is 23.5 Å². The van der Waals surface area contributed by atoms with Crippen LogP contribution < -0.4 is 5.32 Å². The number of carbonyl (C=O) groups is 2. The fraction of sp³-hybridized carbons (Fsp3) is 0.304. The van der Waals surface area contributed by atoms with Crippen LogP contribution in [-0.4, -0.2) is 25.1 Å². The van der Waals surface area contributed by atoms with E-state index >= 15 is 0 Å². The Kier molecular flexibility index (Phi) is 6.34. The summed E-state index contributed by atoms with van der Waals surface area (Å²) in [6.07, 6.45) is -0.994. The third-order valence-electron chi connectivity index (χ3n) is 4.67. The highest BCUT2D eigenvalue weighted by atomic mass is 16.6. The number of hydrogen-bond donors (Lipinski definition) is 1. The standard InChI is InChI=1S/C23H25NO5/c1-14(2)16-9-5-7-11-19(16)24-22(25)15(3)28-23(26)21-18(13-27-4)17-10-6-8-12-20(17)29-21/h5-12,14-15H,13H2,1-4H3,(H,24,25)/t15-/m0/s1. The zero-order chi connectivity index (χ0) is 21.0. The van der Waals surface area contributed by atoms with Crippen molar-refractivity contribution >= 4 is 28.5 Å². The van der Waals surface area contributed by atoms with Crippen molar-refractivity contribution in [1.29, 1.82) is 0 Å². The van der Waals surface area contributed by atoms with Crippen molar-refractivity contribution in [2.75, 3.05) is 12.4 Å². The predicted molar refractivity (Wildman–Crippen MR) is 111 cm³/mol. The van der Waals surface area contributed by atoms with Gasteiger partial charge in [0.1, 0.15) is 5.58 Å². The number of carbonyl (C=O) groups excluding carboxylic acids is 2. The van der Waals surface area contributed by atoms with Crippen molar-refractivity contribution in [3.63, 3.8) is 0 Å². The van der Waals surface area contributed by atoms with Gasteiger partial charge >= 0.3 is 5.97 Å². The first-order valence-electron chi connectivity index (χ1n) is 9.52. The van der Waals surface area contributed by atoms with E-state index in [1.807, 2.05) is 56.3 Å². The van der Waals surface area contributed by atoms with E-state index in [0.29, 0.717) is 16.8 Å². The van der Waals surface area contributed by atoms with Crippen LogP contribution in [0.15, 0.2) is 52.9 Å². The second-order valence-corrected chi connectivity index (χ2v) is 7.12. The second-order valence-electron chi connectivity index (χ2n) is 7.12. The minimum Gasteiger partial charge on any atom is -0.449 e. The lowest BCUT2D eigenvalue weighted by Gasteiger charge is -2.17. The maximum absolute atomic E-state index is 12.7. The molecule has 0 saturated heterocycles. The highest BCUT2D eigenvalue weighted by Gasteiger charge is 2.26. The van der Waals surface area contributed by atoms with E-state index in [0.717, 1.165) is 10.9 Å². The smallest absolute Gasteiger partial charge is 0.375 e. The molecule has 3 aromatic rings. The van der Waals surface area contributed by atoms with Crippen molar-refractivity contribution in [1.82, 2.24) is 0 Å². The molecule has 1 heterocycles. The van der Waals surface area contributed by atoms with Crippen LogP contribution >= 0.6 is 0 Å². The van der Waals surface area contributed by atoms with Crippen molar-refractivity contribution in [2.45, 2.75) is 39.4 Å². The number of nitrogens with one attached hydrogen (secondary N) is 1. The monoisotopic (exact) mass is 395 g/mol. The lowest BCUT2D eigenvalue weighted by atomic mass is 10.0. The number of amides is 1. The number of anilines is 1. The first kappa shape index (κ1) is 20.6. The molecular formula is C23H25NO5. The molecule has 0 saturated carbocycles. The number of benzene rings is 2. The van der Waals surface area contributed by atoms with Gasteiger partial charge in [0.05, 0.1) is 6.61 Å². The third kappa shape index (κ3) is 4.49. The molecule has 0 unspecified atom stereocenters. The Balaban J connectivity index is 1.76. The van der Waals surface area contributed by atoms with E-state index < -0.39 is 18.0 Å². The summed E-state index contributed by atoms with van der Waals surface area (Å²) >= 11 is 0. The van der Waals surface area contributed by atoms with Gasteiger partial charge in [0, 0.05) is 23.7 Å². The number of hydrogen-bond acceptors (Lipinski definition) is 5. The topological polar surface area (TPSA) is 77.8 Å². The number of fused-ring (bicyclic) bond motifs is 1. The normalized spacial score (nSPS) is 12.2. The van der Waals surface area contributed by atoms with Gasteiger partial charge in [0.2, 0.25) is 5.76 Å². The Hall–Kier alpha value is -3.12. The molecule has 2 aromatic carbocycles. The molecule has 0 bridgehead atoms. The molecule has 1 aromatic heterocycles. The Morgan fingerprint density at radius 1 is 1.03 bits per heavy atom. The van der Waals surface area contributed by atoms with Gasteiger partial charge in [0.15, 0.2) is 6.10 Å². The lowest BCUT2D eigenvalue weighted by molar-refractivity contribution is -0.123. The molecule has 0 radical (unpaired) electrons. The number of rotatable bonds is 7. The molecular weight excluding hydrogens is 370 g/mol. The third-order valence-corrected chi connectivity index (χ3v) is 4.67. The summed E-state index contributed by atoms with van der Waals surface area (Å²) in [5.74, 6) is -0.810. The van der Waals surface area contributed by atoms with Gasteiger partial charge in [-0.1, -0.05) is 50.2 Å². The Labute approximate surface area is 169 Å². The summed E-state index contributed by atoms with van der Waals surface area (Å²) in [5.41, 5.74) is 2.89. The summed E-state index contributed by atoms with van der Waals surface area (Å²) in [6.45, 7) is 5.83. The van der Waals surface area contributed by atoms with Gasteiger partial charge in [-0.3, -0.25) is 4.79 Å². The quantitative estimate of drug-likeness (QED) is 0.577. The number of furan rings is 1. The van der Waals surface area contributed by atoms with E-state index in [1.165, 1.54) is 6.92 Å². The molecule has 0 aliphatic heterocycles. The van der Waals surface area contributed by atoms with Gasteiger partial charge < -0.3 is 19.2 Å². The zero-order valence-electron chi connectivity index (χ0n) is 17.0. The number of ether oxygens (including phenoxy) is 2. The molecule has 152 valence electrons. The Morgan fingerprint density at radius 3 is 2.45 bits per heavy atom. The number of methoxy groups -OCH3 is 1. The van der Waals surface area contributed by atoms with Crippen LogP contribution in [0, 0.1) is 0 Å². The van der Waals surface area contributed by atoms with E-state index in [4.69, 9.17) is 13.9 Å². The minimum atomic E-state index is -0.994. The summed E-state index contributed by atoms with van der Waals surface area (Å²) in [4.78, 5) is 25.3. The fourth-order valence-corrected chi connectivity index (χ4v) is 3.17. The predicted octanol–water partition coefficient (Wildman–Crippen LogP) is 4.89. The largest absolute Gasteiger partial charge is 0.449 e. The molecule has 6 heteroatoms. The maximum atomic E-state index is 12.7. The van der Waals surface area contributed by atoms with Gasteiger partial charge in [-0.05, 0) is 30.5 Å². The number of esters is 1. The van der Waals surface area contributed by atoms with Gasteiger partial charge in [-0.2, -0.15) is 0 Å². The highest BCUT2D eigenvalue weighted by Crippen LogP contribution is 2.28. The van der Waals surface area contributed by atoms with Crippen molar-refractivity contribution in [2.24, 2.45) is 0 Å². The van der Waals surface area contributed by atoms with E-state index in [9.17, 15) is 9.59 Å². The molecule has 1 atom stereocenters. The van der Waals surface area contributed by atoms with Crippen LogP contribution in [-0.2, 0) is 20.9 Å². The molecule has 0 aliphatic carbocycles. The maximum Gasteiger partial charge on any atom is 0.375 e. The van der Waals surface area contributed by atoms with Crippen molar-refractivity contribution in [3.8, 4) is 0 Å². The lowest BCUT2D eigenvalue weighted by Crippen LogP contribution is -2.30. The van der Waals surface area contributed by atoms with Crippen LogP contribution in [0.4, 0.5) is 5.69 Å². The molecule has 6 nitrogen and oxygen atoms in total. The molecule has 29 heavy (non-hydrogen) atoms. The van der Waals surface area contributed by atoms with Crippen LogP contribution in [0.1, 0.15) is 48.4 Å². The van der Waals surface area contributed by atoms with Crippen LogP contribution in [0.5, 0.6) is 0 Å². The summed E-state index contributed by atoms with van der Waals surface area (Å²) in [5, 5.41) is 3.63. The van der Waals surface area contributed by atoms with Gasteiger partial charge in [-0.15, -0.1) is 0 Å². The molecule has 0 fully saturated rings. The minimum absolute atomic E-state index is 0.0512. The molecule has 1 amide bonds. The van der Waals surface area contributed by atoms with Crippen molar-refractivity contribution in [3.05, 3.63) is 65.4 Å². The molecule has 1 N–H and O–H groups in total. The first-order chi connectivity index (χ1) is 13.9. The Morgan fingerprint density at radius 2 is 1.72 bits per heavy atom. The van der Waals surface area contributed by atoms with E-state index in [2.05, 4.69) is 5.32 Å². The Bertz CT molecular complexity index is 1020. The zero-order valence-corrected chi connectivity index (χ0v) is 17.0. The fourth-order valence-electron chi connectivity index (χ4n) is 3.17. The van der Waals surface area contributed by atoms with Gasteiger partial charge in [0.25, 0.3) is 5.91 Å². The molecule has 0 aliphatic rings. The van der Waals surface area contributed by atoms with Crippen LogP contribution in [0.3, 0.4) is 0 Å². The average molecular weight is 395 g/mol. The highest BCUT2D eigenvalue weighted by molar-refractivity contribution is 5.99. The second kappa shape index (κ2) is 8.92. The summed E-state index contributed by atoms with van der Waals surface area (Å²) in [6, 6.07) is 14.9. The molecule has 3 rings (SSSR count). The SMILES string of the molecule is COCc1c(C(=O)O[C@@H](C)C(=O)Nc2ccccc2C(C)C)oc2ccccc12. The van der Waals surface area contributed by atoms with Gasteiger partial charge in [-0.25, -0.2) is 4.79 Å². The van der Waals surface area contributed by atoms with Crippen LogP contribution in [0.2, 0.25) is 0 Å². The van der Waals surface area contributed by atoms with E-state index in [1.54, 1.807) is 13.2 Å². The molecule has 0 spiro atoms. The summed E-state index contributed by atoms with van der Waals surface area (Å²) in [7, 11) is 1.54. The first-order valence-corrected chi connectivity index (χ1v) is 9.52. The average Bonchev–Trinajstić information content (AvgIpc) is 3.07. The number of para-hydroxylation sites is 2. The van der Waals surface area contributed by atoms with E-state index in [-0.39, 0.29) is 18.3 Å². The van der Waals surface area contributed by atoms with Crippen LogP contribution in [0.25, 0.3) is 11.0 Å². The summed E-state index contributed by atoms with van der Waals surface area (Å²) < 4.78 is 16.3.